The van der Waals surface area contributed by atoms with Crippen molar-refractivity contribution in [1.29, 1.82) is 0 Å². The van der Waals surface area contributed by atoms with Crippen LogP contribution in [-0.4, -0.2) is 11.5 Å². The highest BCUT2D eigenvalue weighted by Crippen LogP contribution is 2.28. The molecule has 1 N–H and O–H groups in total. The second kappa shape index (κ2) is 5.39. The van der Waals surface area contributed by atoms with Gasteiger partial charge in [0.1, 0.15) is 5.01 Å². The molecule has 1 aliphatic carbocycles. The minimum absolute atomic E-state index is 0.764. The van der Waals surface area contributed by atoms with Crippen molar-refractivity contribution in [2.75, 3.05) is 6.54 Å². The van der Waals surface area contributed by atoms with Crippen LogP contribution in [0.4, 0.5) is 0 Å². The fourth-order valence-corrected chi connectivity index (χ4v) is 2.75. The molecule has 94 valence electrons. The van der Waals surface area contributed by atoms with Crippen LogP contribution in [0.5, 0.6) is 0 Å². The monoisotopic (exact) mass is 278 g/mol. The number of benzene rings is 1. The molecule has 18 heavy (non-hydrogen) atoms. The van der Waals surface area contributed by atoms with E-state index < -0.39 is 0 Å². The summed E-state index contributed by atoms with van der Waals surface area (Å²) >= 11 is 7.59. The number of nitrogens with one attached hydrogen (secondary N) is 1. The highest BCUT2D eigenvalue weighted by Gasteiger charge is 2.20. The number of hydrogen-bond acceptors (Lipinski definition) is 3. The second-order valence-electron chi connectivity index (χ2n) is 4.71. The van der Waals surface area contributed by atoms with E-state index in [1.807, 2.05) is 24.3 Å². The third-order valence-electron chi connectivity index (χ3n) is 3.10. The summed E-state index contributed by atoms with van der Waals surface area (Å²) in [5.41, 5.74) is 2.17. The Morgan fingerprint density at radius 1 is 1.28 bits per heavy atom. The molecular formula is C14H15ClN2S. The standard InChI is InChI=1S/C14H15ClN2S/c15-12-5-3-11(4-6-12)13-9-18-14(17-13)8-16-7-10-1-2-10/h3-6,9-10,16H,1-2,7-8H2. The maximum Gasteiger partial charge on any atom is 0.107 e. The van der Waals surface area contributed by atoms with E-state index in [2.05, 4.69) is 15.7 Å². The van der Waals surface area contributed by atoms with Crippen LogP contribution < -0.4 is 5.32 Å². The third-order valence-corrected chi connectivity index (χ3v) is 4.20. The van der Waals surface area contributed by atoms with Gasteiger partial charge in [0.15, 0.2) is 0 Å². The second-order valence-corrected chi connectivity index (χ2v) is 6.09. The van der Waals surface area contributed by atoms with Gasteiger partial charge in [0.25, 0.3) is 0 Å². The van der Waals surface area contributed by atoms with E-state index in [0.29, 0.717) is 0 Å². The van der Waals surface area contributed by atoms with E-state index in [0.717, 1.165) is 40.3 Å². The Morgan fingerprint density at radius 2 is 2.06 bits per heavy atom. The molecule has 0 unspecified atom stereocenters. The largest absolute Gasteiger partial charge is 0.310 e. The lowest BCUT2D eigenvalue weighted by atomic mass is 10.2. The molecule has 0 amide bonds. The summed E-state index contributed by atoms with van der Waals surface area (Å²) in [6.45, 7) is 2.02. The molecule has 0 saturated heterocycles. The average Bonchev–Trinajstić information content (AvgIpc) is 3.08. The number of nitrogens with zero attached hydrogens (tertiary/aromatic N) is 1. The molecule has 1 heterocycles. The fourth-order valence-electron chi connectivity index (χ4n) is 1.85. The lowest BCUT2D eigenvalue weighted by Crippen LogP contribution is -2.15. The SMILES string of the molecule is Clc1ccc(-c2csc(CNCC3CC3)n2)cc1. The zero-order valence-corrected chi connectivity index (χ0v) is 11.6. The van der Waals surface area contributed by atoms with Crippen LogP contribution in [-0.2, 0) is 6.54 Å². The number of thiazole rings is 1. The Morgan fingerprint density at radius 3 is 2.78 bits per heavy atom. The lowest BCUT2D eigenvalue weighted by Gasteiger charge is -1.99. The van der Waals surface area contributed by atoms with E-state index in [9.17, 15) is 0 Å². The van der Waals surface area contributed by atoms with Crippen molar-refractivity contribution in [3.63, 3.8) is 0 Å². The van der Waals surface area contributed by atoms with Crippen LogP contribution in [0.3, 0.4) is 0 Å². The fraction of sp³-hybridized carbons (Fsp3) is 0.357. The summed E-state index contributed by atoms with van der Waals surface area (Å²) in [6.07, 6.45) is 2.78. The number of aromatic nitrogens is 1. The van der Waals surface area contributed by atoms with Gasteiger partial charge >= 0.3 is 0 Å². The summed E-state index contributed by atoms with van der Waals surface area (Å²) in [4.78, 5) is 4.64. The van der Waals surface area contributed by atoms with Crippen molar-refractivity contribution >= 4 is 22.9 Å². The zero-order chi connectivity index (χ0) is 12.4. The van der Waals surface area contributed by atoms with E-state index in [1.54, 1.807) is 11.3 Å². The van der Waals surface area contributed by atoms with Crippen molar-refractivity contribution in [3.8, 4) is 11.3 Å². The molecule has 3 rings (SSSR count). The van der Waals surface area contributed by atoms with Crippen LogP contribution in [0.15, 0.2) is 29.6 Å². The molecular weight excluding hydrogens is 264 g/mol. The van der Waals surface area contributed by atoms with E-state index in [4.69, 9.17) is 11.6 Å². The van der Waals surface area contributed by atoms with E-state index >= 15 is 0 Å². The Kier molecular flexibility index (Phi) is 3.64. The molecule has 2 nitrogen and oxygen atoms in total. The van der Waals surface area contributed by atoms with Crippen molar-refractivity contribution in [3.05, 3.63) is 39.7 Å². The first-order valence-electron chi connectivity index (χ1n) is 6.22. The summed E-state index contributed by atoms with van der Waals surface area (Å²) in [6, 6.07) is 7.83. The highest BCUT2D eigenvalue weighted by molar-refractivity contribution is 7.09. The first-order chi connectivity index (χ1) is 8.81. The molecule has 1 saturated carbocycles. The van der Waals surface area contributed by atoms with Gasteiger partial charge in [0.2, 0.25) is 0 Å². The van der Waals surface area contributed by atoms with Gasteiger partial charge < -0.3 is 5.32 Å². The maximum atomic E-state index is 5.88. The topological polar surface area (TPSA) is 24.9 Å². The molecule has 0 aliphatic heterocycles. The third kappa shape index (κ3) is 3.10. The predicted molar refractivity (Wildman–Crippen MR) is 77.0 cm³/mol. The number of halogens is 1. The molecule has 1 fully saturated rings. The quantitative estimate of drug-likeness (QED) is 0.895. The molecule has 0 radical (unpaired) electrons. The molecule has 0 spiro atoms. The van der Waals surface area contributed by atoms with Crippen LogP contribution in [0.1, 0.15) is 17.8 Å². The van der Waals surface area contributed by atoms with Gasteiger partial charge in [-0.3, -0.25) is 0 Å². The van der Waals surface area contributed by atoms with Crippen LogP contribution in [0, 0.1) is 5.92 Å². The highest BCUT2D eigenvalue weighted by atomic mass is 35.5. The van der Waals surface area contributed by atoms with Gasteiger partial charge in [-0.15, -0.1) is 11.3 Å². The first-order valence-corrected chi connectivity index (χ1v) is 7.48. The number of hydrogen-bond donors (Lipinski definition) is 1. The van der Waals surface area contributed by atoms with Crippen LogP contribution in [0.2, 0.25) is 5.02 Å². The Hall–Kier alpha value is -0.900. The van der Waals surface area contributed by atoms with Crippen molar-refractivity contribution < 1.29 is 0 Å². The minimum atomic E-state index is 0.764. The molecule has 1 aliphatic rings. The van der Waals surface area contributed by atoms with Crippen molar-refractivity contribution in [2.45, 2.75) is 19.4 Å². The van der Waals surface area contributed by atoms with Gasteiger partial charge in [-0.2, -0.15) is 0 Å². The van der Waals surface area contributed by atoms with Gasteiger partial charge in [-0.25, -0.2) is 4.98 Å². The Balaban J connectivity index is 1.62. The smallest absolute Gasteiger partial charge is 0.107 e. The van der Waals surface area contributed by atoms with E-state index in [-0.39, 0.29) is 0 Å². The predicted octanol–water partition coefficient (Wildman–Crippen LogP) is 3.96. The zero-order valence-electron chi connectivity index (χ0n) is 10.0. The summed E-state index contributed by atoms with van der Waals surface area (Å²) in [5.74, 6) is 0.917. The van der Waals surface area contributed by atoms with Gasteiger partial charge in [0.05, 0.1) is 5.69 Å². The van der Waals surface area contributed by atoms with E-state index in [1.165, 1.54) is 12.8 Å². The number of rotatable bonds is 5. The molecule has 0 atom stereocenters. The van der Waals surface area contributed by atoms with Gasteiger partial charge in [-0.05, 0) is 37.4 Å². The minimum Gasteiger partial charge on any atom is -0.310 e. The molecule has 0 bridgehead atoms. The molecule has 4 heteroatoms. The van der Waals surface area contributed by atoms with Gasteiger partial charge in [0, 0.05) is 22.5 Å². The maximum absolute atomic E-state index is 5.88. The normalized spacial score (nSPS) is 14.9. The first kappa shape index (κ1) is 12.2. The molecule has 2 aromatic rings. The summed E-state index contributed by atoms with van der Waals surface area (Å²) in [7, 11) is 0. The van der Waals surface area contributed by atoms with Crippen molar-refractivity contribution in [2.24, 2.45) is 5.92 Å². The van der Waals surface area contributed by atoms with Gasteiger partial charge in [-0.1, -0.05) is 23.7 Å². The van der Waals surface area contributed by atoms with Crippen LogP contribution in [0.25, 0.3) is 11.3 Å². The molecule has 1 aromatic heterocycles. The lowest BCUT2D eigenvalue weighted by molar-refractivity contribution is 0.637. The van der Waals surface area contributed by atoms with Crippen LogP contribution >= 0.6 is 22.9 Å². The van der Waals surface area contributed by atoms with Crippen molar-refractivity contribution in [1.82, 2.24) is 10.3 Å². The Labute approximate surface area is 116 Å². The molecule has 1 aromatic carbocycles. The Bertz CT molecular complexity index is 517. The average molecular weight is 279 g/mol. The summed E-state index contributed by atoms with van der Waals surface area (Å²) < 4.78 is 0. The summed E-state index contributed by atoms with van der Waals surface area (Å²) in [5, 5.41) is 7.49.